The van der Waals surface area contributed by atoms with E-state index in [1.54, 1.807) is 11.8 Å². The van der Waals surface area contributed by atoms with Crippen molar-refractivity contribution < 1.29 is 9.53 Å². The van der Waals surface area contributed by atoms with Crippen molar-refractivity contribution in [3.63, 3.8) is 0 Å². The number of aromatic nitrogens is 2. The van der Waals surface area contributed by atoms with Gasteiger partial charge in [-0.2, -0.15) is 16.9 Å². The highest BCUT2D eigenvalue weighted by Gasteiger charge is 2.16. The smallest absolute Gasteiger partial charge is 0.322 e. The molecule has 0 aromatic carbocycles. The minimum Gasteiger partial charge on any atom is -0.468 e. The first-order valence-electron chi connectivity index (χ1n) is 7.66. The predicted molar refractivity (Wildman–Crippen MR) is 85.1 cm³/mol. The molecule has 2 rings (SSSR count). The monoisotopic (exact) mass is 311 g/mol. The third-order valence-corrected chi connectivity index (χ3v) is 4.96. The fourth-order valence-electron chi connectivity index (χ4n) is 2.66. The Bertz CT molecular complexity index is 444. The first-order valence-corrected chi connectivity index (χ1v) is 8.81. The van der Waals surface area contributed by atoms with E-state index in [1.807, 2.05) is 0 Å². The van der Waals surface area contributed by atoms with Gasteiger partial charge in [-0.25, -0.2) is 0 Å². The van der Waals surface area contributed by atoms with E-state index in [0.717, 1.165) is 17.2 Å². The Balaban J connectivity index is 1.69. The van der Waals surface area contributed by atoms with Crippen molar-refractivity contribution in [2.24, 2.45) is 5.73 Å². The van der Waals surface area contributed by atoms with Gasteiger partial charge >= 0.3 is 5.97 Å². The number of ether oxygens (including phenoxy) is 1. The largest absolute Gasteiger partial charge is 0.468 e. The minimum atomic E-state index is -0.512. The predicted octanol–water partition coefficient (Wildman–Crippen LogP) is 2.51. The van der Waals surface area contributed by atoms with Crippen LogP contribution < -0.4 is 5.73 Å². The molecule has 5 nitrogen and oxygen atoms in total. The lowest BCUT2D eigenvalue weighted by molar-refractivity contribution is -0.142. The lowest BCUT2D eigenvalue weighted by Crippen LogP contribution is -2.31. The Hall–Kier alpha value is -1.01. The topological polar surface area (TPSA) is 70.1 Å². The summed E-state index contributed by atoms with van der Waals surface area (Å²) in [7, 11) is 1.37. The molecule has 2 N–H and O–H groups in total. The molecular formula is C15H25N3O2S. The lowest BCUT2D eigenvalue weighted by Gasteiger charge is -2.21. The van der Waals surface area contributed by atoms with Crippen LogP contribution in [0, 0.1) is 0 Å². The number of carbonyl (C=O) groups excluding carboxylic acids is 1. The maximum absolute atomic E-state index is 11.2. The normalized spacial score (nSPS) is 17.6. The Morgan fingerprint density at radius 2 is 2.29 bits per heavy atom. The Morgan fingerprint density at radius 1 is 1.52 bits per heavy atom. The van der Waals surface area contributed by atoms with Gasteiger partial charge in [0.05, 0.1) is 18.8 Å². The first kappa shape index (κ1) is 16.4. The molecule has 0 aliphatic heterocycles. The number of hydrogen-bond acceptors (Lipinski definition) is 5. The first-order chi connectivity index (χ1) is 10.2. The summed E-state index contributed by atoms with van der Waals surface area (Å²) in [6.45, 7) is 0. The fourth-order valence-corrected chi connectivity index (χ4v) is 3.59. The number of esters is 1. The number of thioether (sulfide) groups is 1. The molecule has 0 saturated heterocycles. The standard InChI is InChI=1S/C15H25N3O2S/c1-20-15(19)14(16)8-10-21-11-12-7-9-18(17-12)13-5-3-2-4-6-13/h7,9,13-14H,2-6,8,10-11,16H2,1H3. The SMILES string of the molecule is COC(=O)C(N)CCSCc1ccn(C2CCCCC2)n1. The van der Waals surface area contributed by atoms with Crippen LogP contribution in [0.1, 0.15) is 50.3 Å². The summed E-state index contributed by atoms with van der Waals surface area (Å²) in [5.41, 5.74) is 6.81. The molecular weight excluding hydrogens is 286 g/mol. The molecule has 1 fully saturated rings. The number of hydrogen-bond donors (Lipinski definition) is 1. The molecule has 118 valence electrons. The summed E-state index contributed by atoms with van der Waals surface area (Å²) in [5.74, 6) is 1.37. The molecule has 0 spiro atoms. The lowest BCUT2D eigenvalue weighted by atomic mass is 9.96. The average molecular weight is 311 g/mol. The van der Waals surface area contributed by atoms with Gasteiger partial charge in [-0.05, 0) is 31.1 Å². The van der Waals surface area contributed by atoms with Gasteiger partial charge in [-0.15, -0.1) is 0 Å². The Labute approximate surface area is 130 Å². The van der Waals surface area contributed by atoms with Crippen LogP contribution in [0.5, 0.6) is 0 Å². The van der Waals surface area contributed by atoms with Crippen LogP contribution in [0.4, 0.5) is 0 Å². The van der Waals surface area contributed by atoms with Crippen LogP contribution in [-0.4, -0.2) is 34.7 Å². The summed E-state index contributed by atoms with van der Waals surface area (Å²) >= 11 is 1.76. The zero-order valence-corrected chi connectivity index (χ0v) is 13.5. The van der Waals surface area contributed by atoms with Gasteiger partial charge in [0, 0.05) is 11.9 Å². The molecule has 0 amide bonds. The molecule has 21 heavy (non-hydrogen) atoms. The van der Waals surface area contributed by atoms with Crippen LogP contribution in [0.3, 0.4) is 0 Å². The summed E-state index contributed by atoms with van der Waals surface area (Å²) in [6, 6.07) is 2.18. The average Bonchev–Trinajstić information content (AvgIpc) is 3.00. The second kappa shape index (κ2) is 8.44. The Morgan fingerprint density at radius 3 is 3.00 bits per heavy atom. The van der Waals surface area contributed by atoms with Crippen molar-refractivity contribution >= 4 is 17.7 Å². The van der Waals surface area contributed by atoms with Gasteiger partial charge < -0.3 is 10.5 Å². The molecule has 1 unspecified atom stereocenters. The van der Waals surface area contributed by atoms with E-state index in [9.17, 15) is 4.79 Å². The maximum Gasteiger partial charge on any atom is 0.322 e. The van der Waals surface area contributed by atoms with Crippen molar-refractivity contribution in [1.82, 2.24) is 9.78 Å². The number of nitrogens with two attached hydrogens (primary N) is 1. The second-order valence-electron chi connectivity index (χ2n) is 5.55. The van der Waals surface area contributed by atoms with Gasteiger partial charge in [0.1, 0.15) is 6.04 Å². The van der Waals surface area contributed by atoms with Crippen LogP contribution in [0.25, 0.3) is 0 Å². The molecule has 1 heterocycles. The third kappa shape index (κ3) is 5.04. The molecule has 1 aliphatic carbocycles. The number of rotatable bonds is 7. The van der Waals surface area contributed by atoms with Crippen molar-refractivity contribution in [1.29, 1.82) is 0 Å². The molecule has 6 heteroatoms. The molecule has 1 aromatic rings. The molecule has 1 aromatic heterocycles. The van der Waals surface area contributed by atoms with Crippen molar-refractivity contribution in [3.8, 4) is 0 Å². The third-order valence-electron chi connectivity index (χ3n) is 3.94. The number of nitrogens with zero attached hydrogens (tertiary/aromatic N) is 2. The van der Waals surface area contributed by atoms with E-state index in [1.165, 1.54) is 39.2 Å². The highest BCUT2D eigenvalue weighted by Crippen LogP contribution is 2.27. The van der Waals surface area contributed by atoms with Crippen LogP contribution in [0.15, 0.2) is 12.3 Å². The van der Waals surface area contributed by atoms with E-state index < -0.39 is 6.04 Å². The summed E-state index contributed by atoms with van der Waals surface area (Å²) in [6.07, 6.45) is 9.25. The van der Waals surface area contributed by atoms with E-state index in [-0.39, 0.29) is 5.97 Å². The molecule has 1 aliphatic rings. The maximum atomic E-state index is 11.2. The summed E-state index contributed by atoms with van der Waals surface area (Å²) in [5, 5.41) is 4.67. The van der Waals surface area contributed by atoms with Crippen molar-refractivity contribution in [3.05, 3.63) is 18.0 Å². The summed E-state index contributed by atoms with van der Waals surface area (Å²) < 4.78 is 6.74. The zero-order valence-electron chi connectivity index (χ0n) is 12.7. The minimum absolute atomic E-state index is 0.336. The van der Waals surface area contributed by atoms with Gasteiger partial charge in [0.2, 0.25) is 0 Å². The number of methoxy groups -OCH3 is 1. The highest BCUT2D eigenvalue weighted by atomic mass is 32.2. The molecule has 1 atom stereocenters. The molecule has 1 saturated carbocycles. The van der Waals surface area contributed by atoms with Gasteiger partial charge in [0.15, 0.2) is 0 Å². The molecule has 0 bridgehead atoms. The van der Waals surface area contributed by atoms with Gasteiger partial charge in [0.25, 0.3) is 0 Å². The number of carbonyl (C=O) groups is 1. The Kier molecular flexibility index (Phi) is 6.57. The van der Waals surface area contributed by atoms with E-state index >= 15 is 0 Å². The van der Waals surface area contributed by atoms with Gasteiger partial charge in [-0.3, -0.25) is 9.48 Å². The fraction of sp³-hybridized carbons (Fsp3) is 0.733. The summed E-state index contributed by atoms with van der Waals surface area (Å²) in [4.78, 5) is 11.2. The second-order valence-corrected chi connectivity index (χ2v) is 6.66. The molecule has 0 radical (unpaired) electrons. The van der Waals surface area contributed by atoms with E-state index in [4.69, 9.17) is 5.73 Å². The quantitative estimate of drug-likeness (QED) is 0.619. The van der Waals surface area contributed by atoms with Crippen molar-refractivity contribution in [2.45, 2.75) is 56.4 Å². The van der Waals surface area contributed by atoms with E-state index in [2.05, 4.69) is 26.8 Å². The van der Waals surface area contributed by atoms with Crippen LogP contribution in [-0.2, 0) is 15.3 Å². The van der Waals surface area contributed by atoms with Crippen LogP contribution in [0.2, 0.25) is 0 Å². The highest BCUT2D eigenvalue weighted by molar-refractivity contribution is 7.98. The zero-order chi connectivity index (χ0) is 15.1. The van der Waals surface area contributed by atoms with Crippen molar-refractivity contribution in [2.75, 3.05) is 12.9 Å². The van der Waals surface area contributed by atoms with E-state index in [0.29, 0.717) is 12.5 Å². The van der Waals surface area contributed by atoms with Gasteiger partial charge in [-0.1, -0.05) is 19.3 Å². The van der Waals surface area contributed by atoms with Crippen LogP contribution >= 0.6 is 11.8 Å².